The Balaban J connectivity index is 5.37. The van der Waals surface area contributed by atoms with E-state index in [1.165, 1.54) is 167 Å². The summed E-state index contributed by atoms with van der Waals surface area (Å²) >= 11 is 0. The lowest BCUT2D eigenvalue weighted by atomic mass is 10.0. The normalized spacial score (nSPS) is 14.2. The molecule has 0 aromatic carbocycles. The van der Waals surface area contributed by atoms with Gasteiger partial charge in [0.2, 0.25) is 5.91 Å². The van der Waals surface area contributed by atoms with Crippen molar-refractivity contribution in [2.75, 3.05) is 40.9 Å². The number of ether oxygens (including phenoxy) is 1. The van der Waals surface area contributed by atoms with E-state index in [1.54, 1.807) is 0 Å². The highest BCUT2D eigenvalue weighted by Gasteiger charge is 2.27. The highest BCUT2D eigenvalue weighted by molar-refractivity contribution is 7.45. The number of likely N-dealkylation sites (N-methyl/N-ethyl adjacent to an activating group) is 1. The maximum atomic E-state index is 13.5. The molecule has 0 bridgehead atoms. The van der Waals surface area contributed by atoms with E-state index in [2.05, 4.69) is 86.8 Å². The number of esters is 1. The summed E-state index contributed by atoms with van der Waals surface area (Å²) < 4.78 is 30.3. The van der Waals surface area contributed by atoms with Crippen LogP contribution in [0.3, 0.4) is 0 Å². The zero-order valence-corrected chi connectivity index (χ0v) is 50.6. The van der Waals surface area contributed by atoms with Crippen molar-refractivity contribution in [1.29, 1.82) is 0 Å². The highest BCUT2D eigenvalue weighted by Crippen LogP contribution is 2.38. The molecule has 0 aliphatic heterocycles. The van der Waals surface area contributed by atoms with E-state index < -0.39 is 32.5 Å². The Morgan fingerprint density at radius 3 is 1.28 bits per heavy atom. The van der Waals surface area contributed by atoms with Crippen molar-refractivity contribution >= 4 is 19.7 Å². The van der Waals surface area contributed by atoms with Crippen LogP contribution >= 0.6 is 7.82 Å². The van der Waals surface area contributed by atoms with Crippen LogP contribution in [0, 0.1) is 0 Å². The van der Waals surface area contributed by atoms with Gasteiger partial charge in [0.25, 0.3) is 7.82 Å². The van der Waals surface area contributed by atoms with Gasteiger partial charge in [-0.1, -0.05) is 242 Å². The molecule has 9 nitrogen and oxygen atoms in total. The zero-order valence-electron chi connectivity index (χ0n) is 49.7. The van der Waals surface area contributed by atoms with Gasteiger partial charge in [0.1, 0.15) is 19.3 Å². The molecule has 0 aromatic heterocycles. The quantitative estimate of drug-likeness (QED) is 0.0212. The van der Waals surface area contributed by atoms with Gasteiger partial charge >= 0.3 is 5.97 Å². The summed E-state index contributed by atoms with van der Waals surface area (Å²) in [5.74, 6) is -0.605. The molecule has 0 aliphatic rings. The average molecular weight is 1070 g/mol. The Labute approximate surface area is 463 Å². The second-order valence-corrected chi connectivity index (χ2v) is 23.6. The van der Waals surface area contributed by atoms with E-state index in [-0.39, 0.29) is 18.9 Å². The van der Waals surface area contributed by atoms with Crippen LogP contribution in [-0.2, 0) is 27.9 Å². The Morgan fingerprint density at radius 1 is 0.467 bits per heavy atom. The number of hydrogen-bond acceptors (Lipinski definition) is 7. The number of carbonyl (C=O) groups is 2. The molecule has 1 amide bonds. The summed E-state index contributed by atoms with van der Waals surface area (Å²) in [6, 6.07) is -0.913. The largest absolute Gasteiger partial charge is 0.756 e. The van der Waals surface area contributed by atoms with Gasteiger partial charge in [-0.05, 0) is 96.0 Å². The molecule has 0 spiro atoms. The predicted octanol–water partition coefficient (Wildman–Crippen LogP) is 18.6. The number of hydrogen-bond donors (Lipinski definition) is 1. The number of quaternary nitrogens is 1. The second kappa shape index (κ2) is 54.8. The molecule has 0 aliphatic carbocycles. The molecular weight excluding hydrogens is 952 g/mol. The Kier molecular flexibility index (Phi) is 52.9. The van der Waals surface area contributed by atoms with Crippen LogP contribution in [0.15, 0.2) is 72.9 Å². The molecule has 0 radical (unpaired) electrons. The molecule has 0 aromatic rings. The number of nitrogens with zero attached hydrogens (tertiary/aromatic N) is 1. The molecule has 0 saturated heterocycles. The highest BCUT2D eigenvalue weighted by atomic mass is 31.2. The minimum absolute atomic E-state index is 0.0327. The van der Waals surface area contributed by atoms with E-state index in [0.29, 0.717) is 23.9 Å². The van der Waals surface area contributed by atoms with E-state index in [4.69, 9.17) is 13.8 Å². The van der Waals surface area contributed by atoms with Gasteiger partial charge in [-0.2, -0.15) is 0 Å². The van der Waals surface area contributed by atoms with Crippen molar-refractivity contribution in [3.63, 3.8) is 0 Å². The molecule has 0 saturated carbocycles. The smallest absolute Gasteiger partial charge is 0.306 e. The predicted molar refractivity (Wildman–Crippen MR) is 321 cm³/mol. The summed E-state index contributed by atoms with van der Waals surface area (Å²) in [5, 5.41) is 3.02. The average Bonchev–Trinajstić information content (AvgIpc) is 3.37. The third-order valence-electron chi connectivity index (χ3n) is 13.6. The third kappa shape index (κ3) is 56.0. The number of unbranched alkanes of at least 4 members (excludes halogenated alkanes) is 30. The summed E-state index contributed by atoms with van der Waals surface area (Å²) in [5.41, 5.74) is 0. The third-order valence-corrected chi connectivity index (χ3v) is 14.6. The van der Waals surface area contributed by atoms with Gasteiger partial charge in [0, 0.05) is 12.8 Å². The molecule has 75 heavy (non-hydrogen) atoms. The molecule has 10 heteroatoms. The van der Waals surface area contributed by atoms with Crippen molar-refractivity contribution in [2.45, 2.75) is 290 Å². The van der Waals surface area contributed by atoms with Gasteiger partial charge in [-0.3, -0.25) is 14.2 Å². The molecule has 1 N–H and O–H groups in total. The van der Waals surface area contributed by atoms with Crippen molar-refractivity contribution in [2.24, 2.45) is 0 Å². The summed E-state index contributed by atoms with van der Waals surface area (Å²) in [4.78, 5) is 40.0. The fourth-order valence-corrected chi connectivity index (χ4v) is 9.47. The molecule has 3 unspecified atom stereocenters. The first-order valence-corrected chi connectivity index (χ1v) is 32.7. The second-order valence-electron chi connectivity index (χ2n) is 22.2. The molecular formula is C65H119N2O7P. The summed E-state index contributed by atoms with van der Waals surface area (Å²) in [6.07, 6.45) is 70.1. The van der Waals surface area contributed by atoms with Crippen molar-refractivity contribution in [3.8, 4) is 0 Å². The number of allylic oxidation sites excluding steroid dienone is 11. The van der Waals surface area contributed by atoms with Crippen LogP contribution in [0.4, 0.5) is 0 Å². The van der Waals surface area contributed by atoms with E-state index in [9.17, 15) is 19.0 Å². The zero-order chi connectivity index (χ0) is 55.0. The number of phosphoric ester groups is 1. The summed E-state index contributed by atoms with van der Waals surface area (Å²) in [6.45, 7) is 6.79. The van der Waals surface area contributed by atoms with E-state index in [0.717, 1.165) is 70.6 Å². The number of rotatable bonds is 56. The van der Waals surface area contributed by atoms with Crippen LogP contribution in [0.25, 0.3) is 0 Å². The topological polar surface area (TPSA) is 114 Å². The molecule has 436 valence electrons. The first kappa shape index (κ1) is 72.5. The standard InChI is InChI=1S/C65H119N2O7P/c1-7-10-13-16-19-22-25-28-30-32-33-35-36-39-42-45-48-51-54-57-64(68)66-62(61-73-75(70,71)72-60-59-67(4,5)6)63(56-53-50-47-44-41-38-27-24-21-18-15-12-9-3)74-65(69)58-55-52-49-46-43-40-37-34-31-29-26-23-20-17-14-11-8-2/h20,23,28-31,37,40,46,49,53,56,62-63H,7-19,21-22,24-27,32-36,38-39,41-45,47-48,50-52,54-55,57-61H2,1-6H3,(H-,66,68,70,71)/b23-20-,30-28+,31-29-,40-37-,49-46-,56-53+. The first-order valence-electron chi connectivity index (χ1n) is 31.2. The maximum absolute atomic E-state index is 13.5. The van der Waals surface area contributed by atoms with Crippen molar-refractivity contribution in [1.82, 2.24) is 5.32 Å². The van der Waals surface area contributed by atoms with Crippen LogP contribution in [-0.4, -0.2) is 69.4 Å². The van der Waals surface area contributed by atoms with Crippen molar-refractivity contribution in [3.05, 3.63) is 72.9 Å². The van der Waals surface area contributed by atoms with Crippen molar-refractivity contribution < 1.29 is 37.3 Å². The van der Waals surface area contributed by atoms with Gasteiger partial charge in [0.05, 0.1) is 33.8 Å². The lowest BCUT2D eigenvalue weighted by Gasteiger charge is -2.30. The lowest BCUT2D eigenvalue weighted by Crippen LogP contribution is -2.47. The fraction of sp³-hybridized carbons (Fsp3) is 0.785. The molecule has 3 atom stereocenters. The van der Waals surface area contributed by atoms with Crippen LogP contribution in [0.1, 0.15) is 278 Å². The van der Waals surface area contributed by atoms with Gasteiger partial charge in [0.15, 0.2) is 0 Å². The number of nitrogens with one attached hydrogen (secondary N) is 1. The monoisotopic (exact) mass is 1070 g/mol. The Morgan fingerprint density at radius 2 is 0.827 bits per heavy atom. The number of amides is 1. The first-order chi connectivity index (χ1) is 36.4. The SMILES string of the molecule is CCCCC/C=C\C/C=C\C/C=C\C/C=C\CCCC(=O)OC(/C=C/CCCCCCCCCCCCC)C(COP(=O)([O-])OCC[N+](C)(C)C)NC(=O)CCCCCCCCCCC/C=C/CCCCCCCC. The van der Waals surface area contributed by atoms with Crippen LogP contribution < -0.4 is 10.2 Å². The Bertz CT molecular complexity index is 1510. The van der Waals surface area contributed by atoms with E-state index >= 15 is 0 Å². The summed E-state index contributed by atoms with van der Waals surface area (Å²) in [7, 11) is 1.15. The number of phosphoric acid groups is 1. The maximum Gasteiger partial charge on any atom is 0.306 e. The Hall–Kier alpha value is -2.55. The molecule has 0 heterocycles. The van der Waals surface area contributed by atoms with E-state index in [1.807, 2.05) is 33.3 Å². The minimum atomic E-state index is -4.71. The fourth-order valence-electron chi connectivity index (χ4n) is 8.74. The van der Waals surface area contributed by atoms with Crippen LogP contribution in [0.5, 0.6) is 0 Å². The van der Waals surface area contributed by atoms with Gasteiger partial charge in [-0.25, -0.2) is 0 Å². The van der Waals surface area contributed by atoms with Crippen LogP contribution in [0.2, 0.25) is 0 Å². The van der Waals surface area contributed by atoms with Gasteiger partial charge in [-0.15, -0.1) is 0 Å². The van der Waals surface area contributed by atoms with Gasteiger partial charge < -0.3 is 28.5 Å². The minimum Gasteiger partial charge on any atom is -0.756 e. The molecule has 0 fully saturated rings. The molecule has 0 rings (SSSR count). The lowest BCUT2D eigenvalue weighted by molar-refractivity contribution is -0.870. The number of carbonyl (C=O) groups excluding carboxylic acids is 2.